The smallest absolute Gasteiger partial charge is 0.105 e. The summed E-state index contributed by atoms with van der Waals surface area (Å²) >= 11 is 0. The summed E-state index contributed by atoms with van der Waals surface area (Å²) in [4.78, 5) is 20.5. The predicted molar refractivity (Wildman–Crippen MR) is 106 cm³/mol. The zero-order chi connectivity index (χ0) is 19.4. The van der Waals surface area contributed by atoms with E-state index >= 15 is 0 Å². The van der Waals surface area contributed by atoms with Crippen LogP contribution in [0.1, 0.15) is 13.8 Å². The Kier molecular flexibility index (Phi) is 12.6. The molecule has 0 radical (unpaired) electrons. The predicted octanol–water partition coefficient (Wildman–Crippen LogP) is 2.49. The number of hydrogen-bond acceptors (Lipinski definition) is 8. The normalized spacial score (nSPS) is 18.4. The first-order valence-electron chi connectivity index (χ1n) is 8.21. The van der Waals surface area contributed by atoms with Crippen LogP contribution in [0.25, 0.3) is 0 Å². The van der Waals surface area contributed by atoms with E-state index in [1.54, 1.807) is 13.8 Å². The molecule has 8 nitrogen and oxygen atoms in total. The van der Waals surface area contributed by atoms with Crippen molar-refractivity contribution in [2.45, 2.75) is 13.8 Å². The number of rotatable bonds is 6. The van der Waals surface area contributed by atoms with Crippen molar-refractivity contribution in [3.05, 3.63) is 80.5 Å². The van der Waals surface area contributed by atoms with Crippen LogP contribution in [0, 0.1) is 9.81 Å². The van der Waals surface area contributed by atoms with Gasteiger partial charge in [0.2, 0.25) is 0 Å². The molecule has 2 aliphatic heterocycles. The number of nitrogens with zero attached hydrogens (tertiary/aromatic N) is 2. The number of dihydropyridines is 2. The summed E-state index contributed by atoms with van der Waals surface area (Å²) in [6, 6.07) is 0. The molecule has 0 aliphatic carbocycles. The molecule has 150 valence electrons. The van der Waals surface area contributed by atoms with Gasteiger partial charge in [-0.2, -0.15) is 0 Å². The van der Waals surface area contributed by atoms with Gasteiger partial charge in [-0.1, -0.05) is 12.2 Å². The Morgan fingerprint density at radius 2 is 1.22 bits per heavy atom. The van der Waals surface area contributed by atoms with Crippen molar-refractivity contribution in [3.63, 3.8) is 0 Å². The van der Waals surface area contributed by atoms with Crippen LogP contribution in [0.3, 0.4) is 0 Å². The minimum Gasteiger partial charge on any atom is -0.356 e. The van der Waals surface area contributed by atoms with E-state index in [9.17, 15) is 9.81 Å². The van der Waals surface area contributed by atoms with E-state index in [1.807, 2.05) is 50.6 Å². The SMILES string of the molecule is CNCC1=CC=C/C(=C(\C)N=O)N1.CNCC1=CC=C/C(=C(\C)N=O)N1.[Ni]. The monoisotopic (exact) mass is 416 g/mol. The molecule has 0 unspecified atom stereocenters. The van der Waals surface area contributed by atoms with E-state index in [0.717, 1.165) is 35.9 Å². The van der Waals surface area contributed by atoms with Crippen molar-refractivity contribution in [2.75, 3.05) is 27.2 Å². The molecular formula is C18H26N6NiO2. The maximum atomic E-state index is 10.3. The molecule has 0 bridgehead atoms. The molecule has 0 aromatic rings. The number of likely N-dealkylation sites (N-methyl/N-ethyl adjacent to an activating group) is 2. The van der Waals surface area contributed by atoms with E-state index in [-0.39, 0.29) is 16.5 Å². The van der Waals surface area contributed by atoms with Crippen molar-refractivity contribution >= 4 is 0 Å². The summed E-state index contributed by atoms with van der Waals surface area (Å²) in [6.45, 7) is 4.87. The van der Waals surface area contributed by atoms with E-state index < -0.39 is 0 Å². The van der Waals surface area contributed by atoms with Crippen molar-refractivity contribution in [1.82, 2.24) is 21.3 Å². The molecule has 0 atom stereocenters. The molecule has 2 aliphatic rings. The first-order valence-corrected chi connectivity index (χ1v) is 8.21. The van der Waals surface area contributed by atoms with Crippen LogP contribution < -0.4 is 21.3 Å². The van der Waals surface area contributed by atoms with Crippen molar-refractivity contribution in [1.29, 1.82) is 0 Å². The molecule has 2 heterocycles. The molecule has 0 amide bonds. The number of nitrogens with one attached hydrogen (secondary N) is 4. The second-order valence-corrected chi connectivity index (χ2v) is 5.59. The molecule has 0 saturated carbocycles. The zero-order valence-electron chi connectivity index (χ0n) is 15.9. The summed E-state index contributed by atoms with van der Waals surface area (Å²) in [7, 11) is 3.74. The van der Waals surface area contributed by atoms with Crippen LogP contribution in [0.5, 0.6) is 0 Å². The average molecular weight is 417 g/mol. The third kappa shape index (κ3) is 8.72. The van der Waals surface area contributed by atoms with Crippen LogP contribution in [-0.2, 0) is 16.5 Å². The first-order chi connectivity index (χ1) is 12.5. The van der Waals surface area contributed by atoms with Crippen LogP contribution >= 0.6 is 0 Å². The molecule has 0 fully saturated rings. The van der Waals surface area contributed by atoms with Gasteiger partial charge in [-0.25, -0.2) is 0 Å². The summed E-state index contributed by atoms with van der Waals surface area (Å²) in [5.74, 6) is 0. The maximum absolute atomic E-state index is 10.3. The molecule has 2 rings (SSSR count). The minimum atomic E-state index is 0. The molecular weight excluding hydrogens is 391 g/mol. The van der Waals surface area contributed by atoms with E-state index in [2.05, 4.69) is 31.6 Å². The van der Waals surface area contributed by atoms with Gasteiger partial charge in [0.1, 0.15) is 11.4 Å². The Bertz CT molecular complexity index is 645. The van der Waals surface area contributed by atoms with Gasteiger partial charge in [-0.05, 0) is 62.6 Å². The van der Waals surface area contributed by atoms with Crippen LogP contribution in [0.4, 0.5) is 0 Å². The quantitative estimate of drug-likeness (QED) is 0.391. The molecule has 9 heteroatoms. The van der Waals surface area contributed by atoms with Crippen molar-refractivity contribution < 1.29 is 16.5 Å². The summed E-state index contributed by atoms with van der Waals surface area (Å²) < 4.78 is 0. The van der Waals surface area contributed by atoms with Crippen LogP contribution in [0.15, 0.2) is 81.0 Å². The molecule has 0 aromatic heterocycles. The molecule has 4 N–H and O–H groups in total. The Balaban J connectivity index is 0.000000483. The van der Waals surface area contributed by atoms with Gasteiger partial charge in [-0.3, -0.25) is 0 Å². The van der Waals surface area contributed by atoms with E-state index in [0.29, 0.717) is 11.4 Å². The molecule has 0 aromatic carbocycles. The van der Waals surface area contributed by atoms with E-state index in [4.69, 9.17) is 0 Å². The summed E-state index contributed by atoms with van der Waals surface area (Å²) in [5.41, 5.74) is 4.53. The molecule has 27 heavy (non-hydrogen) atoms. The standard InChI is InChI=1S/2C9H13N3O.Ni/c2*1-7(12-13)9-5-3-4-8(11-9)6-10-2;/h2*3-5,10-11H,6H2,1-2H3;/b2*9-7-;. The van der Waals surface area contributed by atoms with Crippen LogP contribution in [-0.4, -0.2) is 27.2 Å². The van der Waals surface area contributed by atoms with Gasteiger partial charge >= 0.3 is 0 Å². The number of hydrogen-bond donors (Lipinski definition) is 4. The Morgan fingerprint density at radius 3 is 1.52 bits per heavy atom. The third-order valence-electron chi connectivity index (χ3n) is 3.50. The summed E-state index contributed by atoms with van der Waals surface area (Å²) in [5, 5.41) is 18.0. The minimum absolute atomic E-state index is 0. The fourth-order valence-corrected chi connectivity index (χ4v) is 2.14. The third-order valence-corrected chi connectivity index (χ3v) is 3.50. The molecule has 0 saturated heterocycles. The Labute approximate surface area is 169 Å². The Morgan fingerprint density at radius 1 is 0.852 bits per heavy atom. The van der Waals surface area contributed by atoms with Gasteiger partial charge in [0.05, 0.1) is 11.4 Å². The largest absolute Gasteiger partial charge is 0.356 e. The number of nitroso groups, excluding NO2 is 2. The van der Waals surface area contributed by atoms with Gasteiger partial charge in [-0.15, -0.1) is 9.81 Å². The molecule has 0 spiro atoms. The second-order valence-electron chi connectivity index (χ2n) is 5.59. The Hall–Kier alpha value is -2.35. The maximum Gasteiger partial charge on any atom is 0.105 e. The second kappa shape index (κ2) is 13.8. The first kappa shape index (κ1) is 24.7. The topological polar surface area (TPSA) is 107 Å². The fraction of sp³-hybridized carbons (Fsp3) is 0.333. The van der Waals surface area contributed by atoms with E-state index in [1.165, 1.54) is 0 Å². The van der Waals surface area contributed by atoms with Gasteiger partial charge in [0, 0.05) is 41.0 Å². The van der Waals surface area contributed by atoms with Crippen molar-refractivity contribution in [2.24, 2.45) is 10.4 Å². The van der Waals surface area contributed by atoms with Gasteiger partial charge in [0.15, 0.2) is 0 Å². The average Bonchev–Trinajstić information content (AvgIpc) is 2.68. The van der Waals surface area contributed by atoms with Gasteiger partial charge in [0.25, 0.3) is 0 Å². The summed E-state index contributed by atoms with van der Waals surface area (Å²) in [6.07, 6.45) is 11.4. The van der Waals surface area contributed by atoms with Crippen molar-refractivity contribution in [3.8, 4) is 0 Å². The zero-order valence-corrected chi connectivity index (χ0v) is 16.9. The van der Waals surface area contributed by atoms with Gasteiger partial charge < -0.3 is 21.3 Å². The van der Waals surface area contributed by atoms with Crippen LogP contribution in [0.2, 0.25) is 0 Å². The number of allylic oxidation sites excluding steroid dienone is 8. The fourth-order valence-electron chi connectivity index (χ4n) is 2.14.